The summed E-state index contributed by atoms with van der Waals surface area (Å²) in [4.78, 5) is 30.6. The molecule has 3 aromatic rings. The van der Waals surface area contributed by atoms with Gasteiger partial charge < -0.3 is 14.7 Å². The van der Waals surface area contributed by atoms with E-state index in [1.54, 1.807) is 6.07 Å². The lowest BCUT2D eigenvalue weighted by Gasteiger charge is -2.27. The van der Waals surface area contributed by atoms with Gasteiger partial charge in [0.05, 0.1) is 24.3 Å². The molecule has 1 N–H and O–H groups in total. The number of aliphatic hydroxyl groups excluding tert-OH is 1. The van der Waals surface area contributed by atoms with Gasteiger partial charge in [0.2, 0.25) is 0 Å². The van der Waals surface area contributed by atoms with E-state index in [-0.39, 0.29) is 16.7 Å². The van der Waals surface area contributed by atoms with Crippen molar-refractivity contribution in [2.24, 2.45) is 0 Å². The molecule has 3 aromatic carbocycles. The van der Waals surface area contributed by atoms with Crippen LogP contribution in [0.3, 0.4) is 0 Å². The molecule has 0 spiro atoms. The Kier molecular flexibility index (Phi) is 7.11. The molecule has 6 heteroatoms. The Hall–Kier alpha value is -4.06. The highest BCUT2D eigenvalue weighted by Gasteiger charge is 2.47. The number of Topliss-reactive ketones (excluding diaryl/α,β-unsaturated/α-hetero) is 1. The number of carbonyl (C=O) groups excluding carboxylic acids is 2. The average molecular weight is 513 g/mol. The predicted molar refractivity (Wildman–Crippen MR) is 153 cm³/mol. The number of rotatable bonds is 5. The summed E-state index contributed by atoms with van der Waals surface area (Å²) in [5.41, 5.74) is 5.52. The van der Waals surface area contributed by atoms with Crippen molar-refractivity contribution in [1.29, 1.82) is 0 Å². The van der Waals surface area contributed by atoms with Gasteiger partial charge in [0, 0.05) is 25.5 Å². The normalized spacial score (nSPS) is 17.2. The van der Waals surface area contributed by atoms with Crippen molar-refractivity contribution in [3.05, 3.63) is 94.1 Å². The first-order valence-corrected chi connectivity index (χ1v) is 12.7. The number of carbonyl (C=O) groups is 2. The van der Waals surface area contributed by atoms with Crippen LogP contribution in [-0.4, -0.2) is 38.0 Å². The number of hydrogen-bond acceptors (Lipinski definition) is 5. The average Bonchev–Trinajstić information content (AvgIpc) is 3.13. The molecule has 0 bridgehead atoms. The van der Waals surface area contributed by atoms with E-state index >= 15 is 0 Å². The van der Waals surface area contributed by atoms with Crippen LogP contribution in [0.4, 0.5) is 11.4 Å². The van der Waals surface area contributed by atoms with Gasteiger partial charge in [-0.15, -0.1) is 0 Å². The van der Waals surface area contributed by atoms with E-state index in [4.69, 9.17) is 4.74 Å². The lowest BCUT2D eigenvalue weighted by molar-refractivity contribution is -0.132. The molecule has 1 aliphatic heterocycles. The summed E-state index contributed by atoms with van der Waals surface area (Å²) >= 11 is 0. The molecule has 0 aliphatic carbocycles. The number of aliphatic hydroxyl groups is 1. The summed E-state index contributed by atoms with van der Waals surface area (Å²) in [6.07, 6.45) is 0. The molecule has 0 radical (unpaired) electrons. The molecule has 198 valence electrons. The maximum atomic E-state index is 13.6. The second-order valence-corrected chi connectivity index (χ2v) is 11.1. The molecule has 38 heavy (non-hydrogen) atoms. The highest BCUT2D eigenvalue weighted by atomic mass is 16.5. The smallest absolute Gasteiger partial charge is 0.300 e. The van der Waals surface area contributed by atoms with E-state index in [9.17, 15) is 14.7 Å². The van der Waals surface area contributed by atoms with Crippen molar-refractivity contribution in [2.45, 2.75) is 46.1 Å². The number of ether oxygens (including phenoxy) is 1. The molecular weight excluding hydrogens is 476 g/mol. The Morgan fingerprint density at radius 2 is 1.55 bits per heavy atom. The topological polar surface area (TPSA) is 70.1 Å². The van der Waals surface area contributed by atoms with Gasteiger partial charge in [0.1, 0.15) is 11.5 Å². The highest BCUT2D eigenvalue weighted by molar-refractivity contribution is 6.51. The van der Waals surface area contributed by atoms with Crippen LogP contribution in [0.2, 0.25) is 0 Å². The minimum atomic E-state index is -0.806. The fraction of sp³-hybridized carbons (Fsp3) is 0.312. The third-order valence-corrected chi connectivity index (χ3v) is 7.06. The third kappa shape index (κ3) is 4.78. The van der Waals surface area contributed by atoms with Crippen LogP contribution in [0.25, 0.3) is 5.76 Å². The number of nitrogens with zero attached hydrogens (tertiary/aromatic N) is 2. The van der Waals surface area contributed by atoms with Crippen molar-refractivity contribution >= 4 is 28.8 Å². The molecule has 1 heterocycles. The number of aryl methyl sites for hydroxylation is 2. The van der Waals surface area contributed by atoms with Gasteiger partial charge in [-0.1, -0.05) is 51.1 Å². The fourth-order valence-corrected chi connectivity index (χ4v) is 5.04. The summed E-state index contributed by atoms with van der Waals surface area (Å²) < 4.78 is 5.61. The van der Waals surface area contributed by atoms with Crippen molar-refractivity contribution in [3.63, 3.8) is 0 Å². The van der Waals surface area contributed by atoms with Crippen LogP contribution in [0.1, 0.15) is 54.6 Å². The Balaban J connectivity index is 1.97. The monoisotopic (exact) mass is 512 g/mol. The van der Waals surface area contributed by atoms with Gasteiger partial charge >= 0.3 is 0 Å². The Morgan fingerprint density at radius 3 is 2.08 bits per heavy atom. The number of methoxy groups -OCH3 is 1. The zero-order valence-electron chi connectivity index (χ0n) is 23.4. The number of anilines is 2. The first kappa shape index (κ1) is 27.0. The molecule has 0 aromatic heterocycles. The van der Waals surface area contributed by atoms with Crippen LogP contribution in [-0.2, 0) is 15.0 Å². The number of hydrogen-bond donors (Lipinski definition) is 1. The summed E-state index contributed by atoms with van der Waals surface area (Å²) in [6, 6.07) is 18.3. The Morgan fingerprint density at radius 1 is 0.947 bits per heavy atom. The summed E-state index contributed by atoms with van der Waals surface area (Å²) in [5, 5.41) is 11.7. The largest absolute Gasteiger partial charge is 0.507 e. The van der Waals surface area contributed by atoms with E-state index in [2.05, 4.69) is 20.8 Å². The molecule has 1 amide bonds. The molecule has 0 saturated carbocycles. The van der Waals surface area contributed by atoms with Gasteiger partial charge in [-0.05, 0) is 71.8 Å². The molecule has 1 saturated heterocycles. The molecular formula is C32H36N2O4. The highest BCUT2D eigenvalue weighted by Crippen LogP contribution is 2.44. The standard InChI is InChI=1S/C32H36N2O4/c1-19-17-20(2)30(38-8)25(18-19)28(35)26-27(21-9-11-22(12-10-21)32(3,4)5)34(31(37)29(26)36)24-15-13-23(14-16-24)33(6)7/h9-18,27,35H,1-8H3/b28-26+. The lowest BCUT2D eigenvalue weighted by Crippen LogP contribution is -2.29. The van der Waals surface area contributed by atoms with E-state index in [1.807, 2.05) is 87.4 Å². The first-order valence-electron chi connectivity index (χ1n) is 12.7. The molecule has 4 rings (SSSR count). The van der Waals surface area contributed by atoms with E-state index in [0.717, 1.165) is 27.9 Å². The van der Waals surface area contributed by atoms with Crippen LogP contribution in [0.5, 0.6) is 5.75 Å². The second-order valence-electron chi connectivity index (χ2n) is 11.1. The minimum Gasteiger partial charge on any atom is -0.507 e. The first-order chi connectivity index (χ1) is 17.8. The van der Waals surface area contributed by atoms with Crippen molar-refractivity contribution in [1.82, 2.24) is 0 Å². The third-order valence-electron chi connectivity index (χ3n) is 7.06. The lowest BCUT2D eigenvalue weighted by atomic mass is 9.85. The Labute approximate surface area is 225 Å². The number of ketones is 1. The zero-order valence-corrected chi connectivity index (χ0v) is 23.4. The molecule has 1 unspecified atom stereocenters. The second kappa shape index (κ2) is 10.0. The fourth-order valence-electron chi connectivity index (χ4n) is 5.04. The van der Waals surface area contributed by atoms with Crippen molar-refractivity contribution in [3.8, 4) is 5.75 Å². The van der Waals surface area contributed by atoms with Gasteiger partial charge in [-0.25, -0.2) is 0 Å². The van der Waals surface area contributed by atoms with Gasteiger partial charge in [0.25, 0.3) is 11.7 Å². The molecule has 1 fully saturated rings. The predicted octanol–water partition coefficient (Wildman–Crippen LogP) is 6.30. The Bertz CT molecular complexity index is 1410. The van der Waals surface area contributed by atoms with Gasteiger partial charge in [-0.3, -0.25) is 14.5 Å². The van der Waals surface area contributed by atoms with Crippen molar-refractivity contribution < 1.29 is 19.4 Å². The minimum absolute atomic E-state index is 0.0403. The number of benzene rings is 3. The molecule has 1 aliphatic rings. The quantitative estimate of drug-likeness (QED) is 0.247. The van der Waals surface area contributed by atoms with Gasteiger partial charge in [-0.2, -0.15) is 0 Å². The maximum Gasteiger partial charge on any atom is 0.300 e. The summed E-state index contributed by atoms with van der Waals surface area (Å²) in [5.74, 6) is -1.19. The van der Waals surface area contributed by atoms with E-state index < -0.39 is 17.7 Å². The summed E-state index contributed by atoms with van der Waals surface area (Å²) in [7, 11) is 5.41. The van der Waals surface area contributed by atoms with E-state index in [1.165, 1.54) is 12.0 Å². The SMILES string of the molecule is COc1c(C)cc(C)cc1/C(O)=C1\C(=O)C(=O)N(c2ccc(N(C)C)cc2)C1c1ccc(C(C)(C)C)cc1. The molecule has 1 atom stereocenters. The molecule has 6 nitrogen and oxygen atoms in total. The van der Waals surface area contributed by atoms with Crippen LogP contribution in [0.15, 0.2) is 66.2 Å². The van der Waals surface area contributed by atoms with Crippen LogP contribution < -0.4 is 14.5 Å². The maximum absolute atomic E-state index is 13.6. The van der Waals surface area contributed by atoms with Crippen LogP contribution in [0, 0.1) is 13.8 Å². The number of amides is 1. The van der Waals surface area contributed by atoms with Crippen LogP contribution >= 0.6 is 0 Å². The van der Waals surface area contributed by atoms with Gasteiger partial charge in [0.15, 0.2) is 0 Å². The van der Waals surface area contributed by atoms with Crippen molar-refractivity contribution in [2.75, 3.05) is 31.0 Å². The van der Waals surface area contributed by atoms with E-state index in [0.29, 0.717) is 17.0 Å². The zero-order chi connectivity index (χ0) is 27.9. The summed E-state index contributed by atoms with van der Waals surface area (Å²) in [6.45, 7) is 10.2.